The fraction of sp³-hybridized carbons (Fsp3) is 0.130. The first-order chi connectivity index (χ1) is 13.4. The van der Waals surface area contributed by atoms with Gasteiger partial charge in [0.1, 0.15) is 0 Å². The number of benzene rings is 2. The molecule has 0 aliphatic carbocycles. The molecule has 5 heteroatoms. The molecular formula is C23H18Br2N2O. The Morgan fingerprint density at radius 2 is 1.68 bits per heavy atom. The van der Waals surface area contributed by atoms with Crippen LogP contribution in [0.1, 0.15) is 23.9 Å². The molecule has 0 aliphatic rings. The highest BCUT2D eigenvalue weighted by Crippen LogP contribution is 2.35. The minimum absolute atomic E-state index is 0.111. The normalized spacial score (nSPS) is 13.4. The van der Waals surface area contributed by atoms with Crippen LogP contribution in [0.25, 0.3) is 10.9 Å². The third kappa shape index (κ3) is 3.82. The molecule has 1 N–H and O–H groups in total. The predicted molar refractivity (Wildman–Crippen MR) is 121 cm³/mol. The number of hydrogen-bond acceptors (Lipinski definition) is 2. The molecule has 2 heterocycles. The summed E-state index contributed by atoms with van der Waals surface area (Å²) >= 11 is 7.15. The molecule has 0 aliphatic heterocycles. The van der Waals surface area contributed by atoms with E-state index in [-0.39, 0.29) is 5.56 Å². The van der Waals surface area contributed by atoms with E-state index < -0.39 is 5.41 Å². The quantitative estimate of drug-likeness (QED) is 0.376. The minimum atomic E-state index is -0.495. The number of nitrogens with zero attached hydrogens (tertiary/aromatic N) is 1. The van der Waals surface area contributed by atoms with Gasteiger partial charge in [-0.3, -0.25) is 9.78 Å². The smallest absolute Gasteiger partial charge is 0.248 e. The summed E-state index contributed by atoms with van der Waals surface area (Å²) in [7, 11) is 0. The molecule has 1 unspecified atom stereocenters. The third-order valence-electron chi connectivity index (χ3n) is 5.01. The molecule has 0 amide bonds. The fourth-order valence-electron chi connectivity index (χ4n) is 3.59. The van der Waals surface area contributed by atoms with Crippen LogP contribution in [0.4, 0.5) is 0 Å². The van der Waals surface area contributed by atoms with E-state index in [1.807, 2.05) is 30.3 Å². The van der Waals surface area contributed by atoms with Crippen molar-refractivity contribution in [2.45, 2.75) is 18.8 Å². The molecule has 28 heavy (non-hydrogen) atoms. The lowest BCUT2D eigenvalue weighted by Crippen LogP contribution is -2.31. The fourth-order valence-corrected chi connectivity index (χ4v) is 4.98. The summed E-state index contributed by atoms with van der Waals surface area (Å²) in [5, 5.41) is 1.10. The molecule has 0 saturated carbocycles. The number of fused-ring (bicyclic) bond motifs is 1. The molecule has 0 fully saturated rings. The number of pyridine rings is 2. The van der Waals surface area contributed by atoms with Crippen molar-refractivity contribution in [1.82, 2.24) is 9.97 Å². The van der Waals surface area contributed by atoms with E-state index in [9.17, 15) is 4.79 Å². The van der Waals surface area contributed by atoms with Gasteiger partial charge in [-0.1, -0.05) is 62.2 Å². The lowest BCUT2D eigenvalue weighted by Gasteiger charge is -2.30. The van der Waals surface area contributed by atoms with E-state index in [1.54, 1.807) is 6.07 Å². The SMILES string of the molecule is CC(Cc1cc(Br)cc(Br)c1)(c1ccc2ccccc2n1)c1cccc(=O)[nH]1. The van der Waals surface area contributed by atoms with Crippen molar-refractivity contribution in [1.29, 1.82) is 0 Å². The van der Waals surface area contributed by atoms with Crippen LogP contribution < -0.4 is 5.56 Å². The Hall–Kier alpha value is -2.24. The molecule has 0 radical (unpaired) electrons. The van der Waals surface area contributed by atoms with Crippen molar-refractivity contribution in [2.24, 2.45) is 0 Å². The molecule has 4 aromatic rings. The van der Waals surface area contributed by atoms with Gasteiger partial charge in [-0.15, -0.1) is 0 Å². The number of aromatic amines is 1. The summed E-state index contributed by atoms with van der Waals surface area (Å²) in [6, 6.07) is 23.7. The lowest BCUT2D eigenvalue weighted by atomic mass is 9.77. The van der Waals surface area contributed by atoms with Crippen molar-refractivity contribution in [3.8, 4) is 0 Å². The van der Waals surface area contributed by atoms with Crippen LogP contribution in [-0.2, 0) is 11.8 Å². The van der Waals surface area contributed by atoms with Crippen molar-refractivity contribution < 1.29 is 0 Å². The van der Waals surface area contributed by atoms with Crippen molar-refractivity contribution in [2.75, 3.05) is 0 Å². The zero-order chi connectivity index (χ0) is 19.7. The highest BCUT2D eigenvalue weighted by atomic mass is 79.9. The van der Waals surface area contributed by atoms with Gasteiger partial charge in [0, 0.05) is 26.1 Å². The average molecular weight is 498 g/mol. The topological polar surface area (TPSA) is 45.8 Å². The van der Waals surface area contributed by atoms with Gasteiger partial charge in [-0.25, -0.2) is 0 Å². The maximum absolute atomic E-state index is 12.1. The Balaban J connectivity index is 1.90. The second-order valence-corrected chi connectivity index (χ2v) is 8.94. The van der Waals surface area contributed by atoms with Gasteiger partial charge >= 0.3 is 0 Å². The summed E-state index contributed by atoms with van der Waals surface area (Å²) in [5.74, 6) is 0. The van der Waals surface area contributed by atoms with E-state index in [2.05, 4.69) is 74.1 Å². The van der Waals surface area contributed by atoms with Crippen LogP contribution in [0.15, 0.2) is 86.5 Å². The highest BCUT2D eigenvalue weighted by molar-refractivity contribution is 9.11. The largest absolute Gasteiger partial charge is 0.325 e. The molecule has 0 saturated heterocycles. The zero-order valence-corrected chi connectivity index (χ0v) is 18.4. The first-order valence-corrected chi connectivity index (χ1v) is 10.5. The highest BCUT2D eigenvalue weighted by Gasteiger charge is 2.32. The molecule has 0 bridgehead atoms. The number of hydrogen-bond donors (Lipinski definition) is 1. The van der Waals surface area contributed by atoms with E-state index in [1.165, 1.54) is 6.07 Å². The summed E-state index contributed by atoms with van der Waals surface area (Å²) in [4.78, 5) is 20.0. The van der Waals surface area contributed by atoms with Crippen LogP contribution in [-0.4, -0.2) is 9.97 Å². The molecule has 2 aromatic carbocycles. The van der Waals surface area contributed by atoms with E-state index >= 15 is 0 Å². The lowest BCUT2D eigenvalue weighted by molar-refractivity contribution is 0.532. The Labute approximate surface area is 180 Å². The van der Waals surface area contributed by atoms with Gasteiger partial charge in [-0.2, -0.15) is 0 Å². The number of nitrogens with one attached hydrogen (secondary N) is 1. The van der Waals surface area contributed by atoms with Gasteiger partial charge in [-0.05, 0) is 55.3 Å². The Bertz CT molecular complexity index is 1200. The van der Waals surface area contributed by atoms with Crippen LogP contribution >= 0.6 is 31.9 Å². The standard InChI is InChI=1S/C23H18Br2N2O/c1-23(20-7-4-8-22(28)27-20,14-15-11-17(24)13-18(25)12-15)21-10-9-16-5-2-3-6-19(16)26-21/h2-13H,14H2,1H3,(H,27,28). The van der Waals surface area contributed by atoms with Crippen molar-refractivity contribution >= 4 is 42.8 Å². The van der Waals surface area contributed by atoms with Crippen molar-refractivity contribution in [3.63, 3.8) is 0 Å². The van der Waals surface area contributed by atoms with E-state index in [0.29, 0.717) is 6.42 Å². The van der Waals surface area contributed by atoms with Crippen LogP contribution in [0, 0.1) is 0 Å². The average Bonchev–Trinajstić information content (AvgIpc) is 2.66. The first-order valence-electron chi connectivity index (χ1n) is 8.95. The van der Waals surface area contributed by atoms with Gasteiger partial charge in [0.2, 0.25) is 5.56 Å². The molecule has 1 atom stereocenters. The Morgan fingerprint density at radius 3 is 2.43 bits per heavy atom. The predicted octanol–water partition coefficient (Wildman–Crippen LogP) is 6.00. The summed E-state index contributed by atoms with van der Waals surface area (Å²) in [5.41, 5.74) is 3.25. The Kier molecular flexibility index (Phi) is 5.21. The number of para-hydroxylation sites is 1. The van der Waals surface area contributed by atoms with Gasteiger partial charge in [0.05, 0.1) is 16.6 Å². The molecule has 2 aromatic heterocycles. The van der Waals surface area contributed by atoms with E-state index in [0.717, 1.165) is 36.8 Å². The summed E-state index contributed by atoms with van der Waals surface area (Å²) < 4.78 is 2.01. The van der Waals surface area contributed by atoms with E-state index in [4.69, 9.17) is 4.98 Å². The van der Waals surface area contributed by atoms with Crippen LogP contribution in [0.3, 0.4) is 0 Å². The molecule has 0 spiro atoms. The zero-order valence-electron chi connectivity index (χ0n) is 15.2. The molecule has 140 valence electrons. The monoisotopic (exact) mass is 496 g/mol. The summed E-state index contributed by atoms with van der Waals surface area (Å²) in [6.07, 6.45) is 0.691. The maximum atomic E-state index is 12.1. The van der Waals surface area contributed by atoms with Crippen LogP contribution in [0.5, 0.6) is 0 Å². The number of halogens is 2. The summed E-state index contributed by atoms with van der Waals surface area (Å²) in [6.45, 7) is 2.13. The molecule has 4 rings (SSSR count). The maximum Gasteiger partial charge on any atom is 0.248 e. The van der Waals surface area contributed by atoms with Gasteiger partial charge in [0.25, 0.3) is 0 Å². The number of H-pyrrole nitrogens is 1. The second kappa shape index (κ2) is 7.64. The van der Waals surface area contributed by atoms with Gasteiger partial charge < -0.3 is 4.98 Å². The first kappa shape index (κ1) is 19.1. The van der Waals surface area contributed by atoms with Gasteiger partial charge in [0.15, 0.2) is 0 Å². The molecular weight excluding hydrogens is 480 g/mol. The number of rotatable bonds is 4. The van der Waals surface area contributed by atoms with Crippen molar-refractivity contribution in [3.05, 3.63) is 109 Å². The minimum Gasteiger partial charge on any atom is -0.325 e. The van der Waals surface area contributed by atoms with Crippen LogP contribution in [0.2, 0.25) is 0 Å². The number of aromatic nitrogens is 2. The Morgan fingerprint density at radius 1 is 0.929 bits per heavy atom. The second-order valence-electron chi connectivity index (χ2n) is 7.10. The molecule has 3 nitrogen and oxygen atoms in total. The third-order valence-corrected chi connectivity index (χ3v) is 5.92.